The molecule has 0 saturated carbocycles. The number of carbonyl (C=O) groups is 2. The fraction of sp³-hybridized carbons (Fsp3) is 0.231. The molecule has 0 spiro atoms. The summed E-state index contributed by atoms with van der Waals surface area (Å²) in [7, 11) is 1.78. The minimum absolute atomic E-state index is 0.00668. The Labute approximate surface area is 119 Å². The van der Waals surface area contributed by atoms with Crippen molar-refractivity contribution in [2.24, 2.45) is 7.05 Å². The van der Waals surface area contributed by atoms with Gasteiger partial charge in [-0.15, -0.1) is 10.2 Å². The molecule has 0 aliphatic heterocycles. The van der Waals surface area contributed by atoms with E-state index >= 15 is 0 Å². The molecule has 6 nitrogen and oxygen atoms in total. The molecule has 0 fully saturated rings. The fourth-order valence-electron chi connectivity index (χ4n) is 1.67. The molecule has 1 heterocycles. The maximum Gasteiger partial charge on any atom is 0.313 e. The smallest absolute Gasteiger partial charge is 0.313 e. The second-order valence-corrected chi connectivity index (χ2v) is 5.12. The summed E-state index contributed by atoms with van der Waals surface area (Å²) in [4.78, 5) is 21.8. The molecule has 2 aromatic rings. The van der Waals surface area contributed by atoms with Gasteiger partial charge < -0.3 is 9.67 Å². The molecule has 2 rings (SSSR count). The number of benzene rings is 1. The number of carboxylic acid groups (broad SMARTS) is 1. The zero-order valence-electron chi connectivity index (χ0n) is 11.0. The van der Waals surface area contributed by atoms with Gasteiger partial charge in [0.2, 0.25) is 0 Å². The molecule has 0 radical (unpaired) electrons. The number of carboxylic acids is 1. The van der Waals surface area contributed by atoms with Gasteiger partial charge in [-0.25, -0.2) is 0 Å². The first-order chi connectivity index (χ1) is 9.49. The number of aromatic nitrogens is 3. The third-order valence-electron chi connectivity index (χ3n) is 2.71. The Bertz CT molecular complexity index is 649. The first-order valence-electron chi connectivity index (χ1n) is 5.84. The summed E-state index contributed by atoms with van der Waals surface area (Å²) >= 11 is 1.11. The van der Waals surface area contributed by atoms with Gasteiger partial charge in [-0.2, -0.15) is 0 Å². The summed E-state index contributed by atoms with van der Waals surface area (Å²) in [6.45, 7) is 1.51. The van der Waals surface area contributed by atoms with Crippen molar-refractivity contribution in [1.82, 2.24) is 14.8 Å². The van der Waals surface area contributed by atoms with E-state index in [2.05, 4.69) is 10.2 Å². The zero-order valence-corrected chi connectivity index (χ0v) is 11.8. The number of carbonyl (C=O) groups excluding carboxylic acids is 1. The molecule has 0 bridgehead atoms. The van der Waals surface area contributed by atoms with Crippen molar-refractivity contribution in [3.63, 3.8) is 0 Å². The average Bonchev–Trinajstić information content (AvgIpc) is 2.78. The number of aliphatic carboxylic acids is 1. The van der Waals surface area contributed by atoms with E-state index in [1.807, 2.05) is 0 Å². The highest BCUT2D eigenvalue weighted by Crippen LogP contribution is 2.22. The van der Waals surface area contributed by atoms with Gasteiger partial charge in [-0.1, -0.05) is 36.0 Å². The second kappa shape index (κ2) is 5.87. The van der Waals surface area contributed by atoms with Gasteiger partial charge in [0.1, 0.15) is 0 Å². The van der Waals surface area contributed by atoms with Gasteiger partial charge >= 0.3 is 5.97 Å². The highest BCUT2D eigenvalue weighted by molar-refractivity contribution is 7.99. The summed E-state index contributed by atoms with van der Waals surface area (Å²) in [5, 5.41) is 17.2. The number of rotatable bonds is 5. The molecule has 0 saturated heterocycles. The van der Waals surface area contributed by atoms with E-state index in [0.29, 0.717) is 16.5 Å². The van der Waals surface area contributed by atoms with Crippen LogP contribution in [0.5, 0.6) is 0 Å². The highest BCUT2D eigenvalue weighted by Gasteiger charge is 2.12. The minimum atomic E-state index is -0.898. The number of ketones is 1. The van der Waals surface area contributed by atoms with E-state index < -0.39 is 5.97 Å². The lowest BCUT2D eigenvalue weighted by Crippen LogP contribution is -2.01. The van der Waals surface area contributed by atoms with Gasteiger partial charge in [-0.3, -0.25) is 9.59 Å². The molecule has 0 unspecified atom stereocenters. The van der Waals surface area contributed by atoms with Crippen LogP contribution in [-0.2, 0) is 11.8 Å². The molecule has 20 heavy (non-hydrogen) atoms. The Balaban J connectivity index is 2.24. The van der Waals surface area contributed by atoms with Crippen LogP contribution in [0.4, 0.5) is 0 Å². The van der Waals surface area contributed by atoms with Gasteiger partial charge in [0.05, 0.1) is 5.75 Å². The van der Waals surface area contributed by atoms with Crippen LogP contribution in [0.25, 0.3) is 11.4 Å². The van der Waals surface area contributed by atoms with Crippen LogP contribution in [0.2, 0.25) is 0 Å². The summed E-state index contributed by atoms with van der Waals surface area (Å²) in [6.07, 6.45) is 0. The van der Waals surface area contributed by atoms with Crippen molar-refractivity contribution < 1.29 is 14.7 Å². The lowest BCUT2D eigenvalue weighted by molar-refractivity contribution is -0.133. The first-order valence-corrected chi connectivity index (χ1v) is 6.83. The molecule has 1 N–H and O–H groups in total. The quantitative estimate of drug-likeness (QED) is 0.668. The third-order valence-corrected chi connectivity index (χ3v) is 3.71. The average molecular weight is 291 g/mol. The zero-order chi connectivity index (χ0) is 14.7. The normalized spacial score (nSPS) is 10.5. The second-order valence-electron chi connectivity index (χ2n) is 4.18. The monoisotopic (exact) mass is 291 g/mol. The Kier molecular flexibility index (Phi) is 4.19. The van der Waals surface area contributed by atoms with E-state index in [4.69, 9.17) is 5.11 Å². The number of hydrogen-bond acceptors (Lipinski definition) is 5. The molecule has 104 valence electrons. The van der Waals surface area contributed by atoms with E-state index in [9.17, 15) is 9.59 Å². The van der Waals surface area contributed by atoms with Crippen LogP contribution in [0, 0.1) is 0 Å². The fourth-order valence-corrected chi connectivity index (χ4v) is 2.30. The molecule has 7 heteroatoms. The number of hydrogen-bond donors (Lipinski definition) is 1. The predicted octanol–water partition coefficient (Wildman–Crippen LogP) is 1.86. The largest absolute Gasteiger partial charge is 0.481 e. The van der Waals surface area contributed by atoms with E-state index in [1.54, 1.807) is 35.9 Å². The van der Waals surface area contributed by atoms with Crippen LogP contribution >= 0.6 is 11.8 Å². The molecular weight excluding hydrogens is 278 g/mol. The Morgan fingerprint density at radius 3 is 2.45 bits per heavy atom. The molecule has 0 aliphatic carbocycles. The Morgan fingerprint density at radius 1 is 1.25 bits per heavy atom. The van der Waals surface area contributed by atoms with Crippen LogP contribution < -0.4 is 0 Å². The standard InChI is InChI=1S/C13H13N3O3S/c1-8(17)9-3-5-10(6-4-9)12-14-15-13(16(12)2)20-7-11(18)19/h3-6H,7H2,1-2H3,(H,18,19). The third kappa shape index (κ3) is 3.05. The van der Waals surface area contributed by atoms with Crippen LogP contribution in [0.15, 0.2) is 29.4 Å². The van der Waals surface area contributed by atoms with Crippen molar-refractivity contribution >= 4 is 23.5 Å². The minimum Gasteiger partial charge on any atom is -0.481 e. The van der Waals surface area contributed by atoms with Gasteiger partial charge in [0.15, 0.2) is 16.8 Å². The first kappa shape index (κ1) is 14.3. The van der Waals surface area contributed by atoms with Gasteiger partial charge in [-0.05, 0) is 6.92 Å². The molecule has 0 atom stereocenters. The van der Waals surface area contributed by atoms with Gasteiger partial charge in [0, 0.05) is 18.2 Å². The Hall–Kier alpha value is -2.15. The summed E-state index contributed by atoms with van der Waals surface area (Å²) in [5.74, 6) is -0.319. The highest BCUT2D eigenvalue weighted by atomic mass is 32.2. The Morgan fingerprint density at radius 2 is 1.90 bits per heavy atom. The maximum absolute atomic E-state index is 11.2. The number of nitrogens with zero attached hydrogens (tertiary/aromatic N) is 3. The molecule has 0 amide bonds. The molecule has 1 aromatic carbocycles. The van der Waals surface area contributed by atoms with Crippen molar-refractivity contribution in [2.45, 2.75) is 12.1 Å². The van der Waals surface area contributed by atoms with Crippen LogP contribution in [-0.4, -0.2) is 37.4 Å². The lowest BCUT2D eigenvalue weighted by Gasteiger charge is -2.03. The number of Topliss-reactive ketones (excluding diaryl/α,β-unsaturated/α-hetero) is 1. The summed E-state index contributed by atoms with van der Waals surface area (Å²) in [5.41, 5.74) is 1.46. The summed E-state index contributed by atoms with van der Waals surface area (Å²) in [6, 6.07) is 7.06. The predicted molar refractivity (Wildman–Crippen MR) is 74.8 cm³/mol. The van der Waals surface area contributed by atoms with E-state index in [1.165, 1.54) is 6.92 Å². The maximum atomic E-state index is 11.2. The van der Waals surface area contributed by atoms with Crippen LogP contribution in [0.1, 0.15) is 17.3 Å². The topological polar surface area (TPSA) is 85.1 Å². The molecular formula is C13H13N3O3S. The molecule has 0 aliphatic rings. The van der Waals surface area contributed by atoms with Gasteiger partial charge in [0.25, 0.3) is 0 Å². The van der Waals surface area contributed by atoms with E-state index in [-0.39, 0.29) is 11.5 Å². The van der Waals surface area contributed by atoms with Crippen molar-refractivity contribution in [1.29, 1.82) is 0 Å². The van der Waals surface area contributed by atoms with Crippen LogP contribution in [0.3, 0.4) is 0 Å². The SMILES string of the molecule is CC(=O)c1ccc(-c2nnc(SCC(=O)O)n2C)cc1. The van der Waals surface area contributed by atoms with E-state index in [0.717, 1.165) is 17.3 Å². The summed E-state index contributed by atoms with van der Waals surface area (Å²) < 4.78 is 1.73. The van der Waals surface area contributed by atoms with Crippen molar-refractivity contribution in [3.05, 3.63) is 29.8 Å². The van der Waals surface area contributed by atoms with Crippen molar-refractivity contribution in [3.8, 4) is 11.4 Å². The van der Waals surface area contributed by atoms with Crippen molar-refractivity contribution in [2.75, 3.05) is 5.75 Å². The number of thioether (sulfide) groups is 1. The molecule has 1 aromatic heterocycles. The lowest BCUT2D eigenvalue weighted by atomic mass is 10.1.